The number of benzene rings is 1. The van der Waals surface area contributed by atoms with Crippen molar-refractivity contribution in [3.05, 3.63) is 53.7 Å². The van der Waals surface area contributed by atoms with Crippen molar-refractivity contribution in [3.8, 4) is 11.4 Å². The number of halogens is 1. The Morgan fingerprint density at radius 2 is 2.04 bits per heavy atom. The molecule has 1 aromatic carbocycles. The van der Waals surface area contributed by atoms with Crippen LogP contribution in [0.5, 0.6) is 0 Å². The summed E-state index contributed by atoms with van der Waals surface area (Å²) in [5, 5.41) is 10.4. The van der Waals surface area contributed by atoms with Crippen LogP contribution in [0.1, 0.15) is 6.92 Å². The molecule has 0 aliphatic carbocycles. The Balaban J connectivity index is 1.62. The van der Waals surface area contributed by atoms with E-state index in [0.29, 0.717) is 21.8 Å². The predicted molar refractivity (Wildman–Crippen MR) is 95.0 cm³/mol. The van der Waals surface area contributed by atoms with Gasteiger partial charge in [0.15, 0.2) is 5.82 Å². The molecule has 0 saturated carbocycles. The number of amides is 1. The van der Waals surface area contributed by atoms with Crippen molar-refractivity contribution in [2.24, 2.45) is 0 Å². The number of aromatic nitrogens is 4. The topological polar surface area (TPSA) is 83.6 Å². The Bertz CT molecular complexity index is 822. The Hall–Kier alpha value is -2.38. The molecule has 0 aliphatic rings. The van der Waals surface area contributed by atoms with Crippen LogP contribution < -0.4 is 5.32 Å². The van der Waals surface area contributed by atoms with E-state index in [9.17, 15) is 4.79 Å². The molecule has 2 heterocycles. The quantitative estimate of drug-likeness (QED) is 0.679. The molecule has 0 spiro atoms. The maximum atomic E-state index is 12.2. The smallest absolute Gasteiger partial charge is 0.238 e. The van der Waals surface area contributed by atoms with Crippen molar-refractivity contribution in [3.63, 3.8) is 0 Å². The van der Waals surface area contributed by atoms with Crippen LogP contribution in [0.3, 0.4) is 0 Å². The van der Waals surface area contributed by atoms with E-state index in [1.54, 1.807) is 19.1 Å². The molecule has 0 bridgehead atoms. The third-order valence-electron chi connectivity index (χ3n) is 3.14. The van der Waals surface area contributed by atoms with Crippen LogP contribution in [0.25, 0.3) is 11.4 Å². The highest BCUT2D eigenvalue weighted by Crippen LogP contribution is 2.23. The third kappa shape index (κ3) is 4.12. The van der Waals surface area contributed by atoms with Crippen LogP contribution in [-0.4, -0.2) is 31.3 Å². The maximum Gasteiger partial charge on any atom is 0.238 e. The molecule has 0 aliphatic heterocycles. The van der Waals surface area contributed by atoms with Crippen LogP contribution in [0.4, 0.5) is 5.82 Å². The van der Waals surface area contributed by atoms with Gasteiger partial charge in [0, 0.05) is 11.8 Å². The second-order valence-electron chi connectivity index (χ2n) is 4.94. The van der Waals surface area contributed by atoms with Gasteiger partial charge in [0.1, 0.15) is 5.82 Å². The molecule has 3 aromatic rings. The number of hydrogen-bond donors (Lipinski definition) is 2. The third-order valence-corrected chi connectivity index (χ3v) is 4.33. The van der Waals surface area contributed by atoms with E-state index >= 15 is 0 Å². The summed E-state index contributed by atoms with van der Waals surface area (Å²) < 4.78 is 0. The van der Waals surface area contributed by atoms with Crippen molar-refractivity contribution in [1.82, 2.24) is 20.2 Å². The monoisotopic (exact) mass is 359 g/mol. The number of carbonyl (C=O) groups excluding carboxylic acids is 1. The van der Waals surface area contributed by atoms with Gasteiger partial charge in [-0.3, -0.25) is 9.89 Å². The number of pyridine rings is 1. The molecule has 0 saturated heterocycles. The fourth-order valence-electron chi connectivity index (χ4n) is 1.91. The van der Waals surface area contributed by atoms with Gasteiger partial charge in [-0.2, -0.15) is 0 Å². The zero-order chi connectivity index (χ0) is 16.9. The average molecular weight is 360 g/mol. The average Bonchev–Trinajstić information content (AvgIpc) is 3.06. The highest BCUT2D eigenvalue weighted by molar-refractivity contribution is 8.00. The zero-order valence-corrected chi connectivity index (χ0v) is 14.3. The van der Waals surface area contributed by atoms with E-state index in [1.165, 1.54) is 18.0 Å². The number of nitrogens with one attached hydrogen (secondary N) is 2. The minimum atomic E-state index is -0.373. The number of aromatic amines is 1. The van der Waals surface area contributed by atoms with Crippen LogP contribution >= 0.6 is 23.4 Å². The molecule has 2 N–H and O–H groups in total. The van der Waals surface area contributed by atoms with E-state index in [4.69, 9.17) is 11.6 Å². The molecule has 24 heavy (non-hydrogen) atoms. The minimum Gasteiger partial charge on any atom is -0.310 e. The largest absolute Gasteiger partial charge is 0.310 e. The number of H-pyrrole nitrogens is 1. The summed E-state index contributed by atoms with van der Waals surface area (Å²) in [6, 6.07) is 13.0. The van der Waals surface area contributed by atoms with Gasteiger partial charge in [-0.25, -0.2) is 9.97 Å². The molecule has 2 aromatic heterocycles. The fourth-order valence-corrected chi connectivity index (χ4v) is 2.75. The molecule has 1 amide bonds. The highest BCUT2D eigenvalue weighted by Gasteiger charge is 2.18. The first-order chi connectivity index (χ1) is 11.6. The molecule has 8 heteroatoms. The second kappa shape index (κ2) is 7.46. The van der Waals surface area contributed by atoms with Gasteiger partial charge in [0.25, 0.3) is 0 Å². The summed E-state index contributed by atoms with van der Waals surface area (Å²) in [6.45, 7) is 1.79. The summed E-state index contributed by atoms with van der Waals surface area (Å²) in [7, 11) is 0. The van der Waals surface area contributed by atoms with E-state index in [1.807, 2.05) is 30.3 Å². The first-order valence-corrected chi connectivity index (χ1v) is 8.44. The van der Waals surface area contributed by atoms with Crippen molar-refractivity contribution < 1.29 is 4.79 Å². The van der Waals surface area contributed by atoms with Crippen LogP contribution in [0.2, 0.25) is 5.02 Å². The van der Waals surface area contributed by atoms with Gasteiger partial charge < -0.3 is 5.32 Å². The Labute approximate surface area is 148 Å². The summed E-state index contributed by atoms with van der Waals surface area (Å²) in [5.41, 5.74) is 0.944. The molecule has 0 radical (unpaired) electrons. The van der Waals surface area contributed by atoms with Gasteiger partial charge >= 0.3 is 0 Å². The van der Waals surface area contributed by atoms with E-state index in [0.717, 1.165) is 5.56 Å². The Kier molecular flexibility index (Phi) is 5.12. The Morgan fingerprint density at radius 3 is 2.75 bits per heavy atom. The predicted octanol–water partition coefficient (Wildman–Crippen LogP) is 3.64. The van der Waals surface area contributed by atoms with Gasteiger partial charge in [0.2, 0.25) is 11.1 Å². The van der Waals surface area contributed by atoms with Crippen molar-refractivity contribution in [2.45, 2.75) is 17.3 Å². The molecular formula is C16H14ClN5OS. The van der Waals surface area contributed by atoms with Crippen LogP contribution in [0.15, 0.2) is 53.8 Å². The zero-order valence-electron chi connectivity index (χ0n) is 12.7. The highest BCUT2D eigenvalue weighted by atomic mass is 35.5. The van der Waals surface area contributed by atoms with Crippen molar-refractivity contribution in [1.29, 1.82) is 0 Å². The van der Waals surface area contributed by atoms with Gasteiger partial charge in [-0.1, -0.05) is 53.7 Å². The fraction of sp³-hybridized carbons (Fsp3) is 0.125. The lowest BCUT2D eigenvalue weighted by Gasteiger charge is -2.09. The van der Waals surface area contributed by atoms with E-state index in [2.05, 4.69) is 25.5 Å². The lowest BCUT2D eigenvalue weighted by Crippen LogP contribution is -2.23. The minimum absolute atomic E-state index is 0.180. The normalized spacial score (nSPS) is 11.9. The first kappa shape index (κ1) is 16.5. The maximum absolute atomic E-state index is 12.2. The van der Waals surface area contributed by atoms with Gasteiger partial charge in [-0.15, -0.1) is 5.10 Å². The van der Waals surface area contributed by atoms with E-state index < -0.39 is 0 Å². The molecule has 0 unspecified atom stereocenters. The number of hydrogen-bond acceptors (Lipinski definition) is 5. The Morgan fingerprint density at radius 1 is 1.25 bits per heavy atom. The molecule has 122 valence electrons. The SMILES string of the molecule is C[C@@H](Sc1n[nH]c(-c2ccccc2)n1)C(=O)Nc1ccc(Cl)cn1. The van der Waals surface area contributed by atoms with E-state index in [-0.39, 0.29) is 11.2 Å². The molecule has 6 nitrogen and oxygen atoms in total. The number of rotatable bonds is 5. The summed E-state index contributed by atoms with van der Waals surface area (Å²) in [5.74, 6) is 0.947. The van der Waals surface area contributed by atoms with Gasteiger partial charge in [-0.05, 0) is 19.1 Å². The standard InChI is InChI=1S/C16H14ClN5OS/c1-10(15(23)19-13-8-7-12(17)9-18-13)24-16-20-14(21-22-16)11-5-3-2-4-6-11/h2-10H,1H3,(H,18,19,23)(H,20,21,22)/t10-/m1/s1. The number of carbonyl (C=O) groups is 1. The lowest BCUT2D eigenvalue weighted by molar-refractivity contribution is -0.115. The number of nitrogens with zero attached hydrogens (tertiary/aromatic N) is 3. The number of anilines is 1. The molecule has 3 rings (SSSR count). The van der Waals surface area contributed by atoms with Crippen molar-refractivity contribution in [2.75, 3.05) is 5.32 Å². The molecular weight excluding hydrogens is 346 g/mol. The van der Waals surface area contributed by atoms with Crippen LogP contribution in [-0.2, 0) is 4.79 Å². The van der Waals surface area contributed by atoms with Crippen molar-refractivity contribution >= 4 is 35.1 Å². The summed E-state index contributed by atoms with van der Waals surface area (Å²) in [6.07, 6.45) is 1.48. The summed E-state index contributed by atoms with van der Waals surface area (Å²) in [4.78, 5) is 20.7. The second-order valence-corrected chi connectivity index (χ2v) is 6.69. The number of thioether (sulfide) groups is 1. The first-order valence-electron chi connectivity index (χ1n) is 7.19. The van der Waals surface area contributed by atoms with Crippen LogP contribution in [0, 0.1) is 0 Å². The van der Waals surface area contributed by atoms with Gasteiger partial charge in [0.05, 0.1) is 10.3 Å². The lowest BCUT2D eigenvalue weighted by atomic mass is 10.2. The molecule has 0 fully saturated rings. The summed E-state index contributed by atoms with van der Waals surface area (Å²) >= 11 is 7.04. The molecule has 1 atom stereocenters.